The Hall–Kier alpha value is -0.750. The summed E-state index contributed by atoms with van der Waals surface area (Å²) in [5, 5.41) is 2.91. The van der Waals surface area contributed by atoms with Gasteiger partial charge in [-0.3, -0.25) is 4.79 Å². The van der Waals surface area contributed by atoms with Gasteiger partial charge in [0.15, 0.2) is 0 Å². The third-order valence-electron chi connectivity index (χ3n) is 3.62. The Kier molecular flexibility index (Phi) is 6.33. The van der Waals surface area contributed by atoms with Crippen molar-refractivity contribution in [1.82, 2.24) is 5.32 Å². The van der Waals surface area contributed by atoms with Crippen molar-refractivity contribution in [3.8, 4) is 0 Å². The summed E-state index contributed by atoms with van der Waals surface area (Å²) in [5.41, 5.74) is 5.83. The third-order valence-corrected chi connectivity index (χ3v) is 5.87. The molecule has 1 rings (SSSR count). The summed E-state index contributed by atoms with van der Waals surface area (Å²) in [5.74, 6) is -0.780. The molecule has 1 amide bonds. The van der Waals surface area contributed by atoms with E-state index in [-0.39, 0.29) is 16.3 Å². The summed E-state index contributed by atoms with van der Waals surface area (Å²) in [6.07, 6.45) is 3.99. The number of nitrogens with two attached hydrogens (primary N) is 1. The van der Waals surface area contributed by atoms with Crippen molar-refractivity contribution in [3.63, 3.8) is 0 Å². The number of amides is 1. The summed E-state index contributed by atoms with van der Waals surface area (Å²) >= 11 is 4.95. The van der Waals surface area contributed by atoms with Gasteiger partial charge >= 0.3 is 0 Å². The summed E-state index contributed by atoms with van der Waals surface area (Å²) in [4.78, 5) is 12.2. The van der Waals surface area contributed by atoms with Crippen molar-refractivity contribution >= 4 is 39.3 Å². The Bertz CT molecular complexity index is 484. The number of hydrogen-bond donors (Lipinski definition) is 2. The number of rotatable bonds is 6. The summed E-state index contributed by atoms with van der Waals surface area (Å²) < 4.78 is 13.7. The van der Waals surface area contributed by atoms with E-state index in [9.17, 15) is 9.18 Å². The minimum Gasteiger partial charge on any atom is -0.396 e. The molecule has 20 heavy (non-hydrogen) atoms. The molecule has 112 valence electrons. The van der Waals surface area contributed by atoms with Crippen molar-refractivity contribution in [3.05, 3.63) is 28.0 Å². The van der Waals surface area contributed by atoms with E-state index in [0.717, 1.165) is 12.8 Å². The van der Waals surface area contributed by atoms with Gasteiger partial charge in [-0.2, -0.15) is 11.8 Å². The van der Waals surface area contributed by atoms with Crippen LogP contribution in [-0.4, -0.2) is 23.5 Å². The summed E-state index contributed by atoms with van der Waals surface area (Å²) in [6.45, 7) is 4.79. The van der Waals surface area contributed by atoms with Crippen molar-refractivity contribution < 1.29 is 9.18 Å². The molecular formula is C14H20BrFN2OS. The molecule has 0 aliphatic heterocycles. The Morgan fingerprint density at radius 2 is 2.05 bits per heavy atom. The smallest absolute Gasteiger partial charge is 0.252 e. The van der Waals surface area contributed by atoms with Crippen LogP contribution in [0.4, 0.5) is 10.1 Å². The van der Waals surface area contributed by atoms with Crippen LogP contribution in [0.25, 0.3) is 0 Å². The highest BCUT2D eigenvalue weighted by Crippen LogP contribution is 2.30. The summed E-state index contributed by atoms with van der Waals surface area (Å²) in [6, 6.07) is 2.57. The van der Waals surface area contributed by atoms with E-state index in [4.69, 9.17) is 5.73 Å². The lowest BCUT2D eigenvalue weighted by molar-refractivity contribution is 0.0948. The van der Waals surface area contributed by atoms with E-state index >= 15 is 0 Å². The number of carbonyl (C=O) groups excluding carboxylic acids is 1. The molecule has 3 N–H and O–H groups in total. The van der Waals surface area contributed by atoms with Gasteiger partial charge in [-0.05, 0) is 47.2 Å². The largest absolute Gasteiger partial charge is 0.396 e. The highest BCUT2D eigenvalue weighted by atomic mass is 79.9. The van der Waals surface area contributed by atoms with Gasteiger partial charge in [-0.25, -0.2) is 4.39 Å². The second-order valence-corrected chi connectivity index (χ2v) is 6.76. The first-order chi connectivity index (χ1) is 9.39. The zero-order valence-electron chi connectivity index (χ0n) is 11.9. The Labute approximate surface area is 132 Å². The molecule has 0 aliphatic carbocycles. The van der Waals surface area contributed by atoms with Gasteiger partial charge < -0.3 is 11.1 Å². The van der Waals surface area contributed by atoms with Crippen LogP contribution in [0, 0.1) is 5.82 Å². The Balaban J connectivity index is 2.85. The first kappa shape index (κ1) is 17.3. The number of nitrogen functional groups attached to an aromatic ring is 1. The van der Waals surface area contributed by atoms with Gasteiger partial charge in [0.05, 0.1) is 11.3 Å². The van der Waals surface area contributed by atoms with Gasteiger partial charge in [0, 0.05) is 15.8 Å². The van der Waals surface area contributed by atoms with Crippen molar-refractivity contribution in [2.24, 2.45) is 0 Å². The molecule has 6 heteroatoms. The van der Waals surface area contributed by atoms with Crippen LogP contribution in [0.5, 0.6) is 0 Å². The summed E-state index contributed by atoms with van der Waals surface area (Å²) in [7, 11) is 0. The average Bonchev–Trinajstić information content (AvgIpc) is 2.44. The van der Waals surface area contributed by atoms with Crippen LogP contribution >= 0.6 is 27.7 Å². The molecule has 1 aromatic carbocycles. The van der Waals surface area contributed by atoms with E-state index in [1.54, 1.807) is 11.8 Å². The van der Waals surface area contributed by atoms with Crippen LogP contribution in [-0.2, 0) is 0 Å². The minimum absolute atomic E-state index is 0.0273. The lowest BCUT2D eigenvalue weighted by Crippen LogP contribution is -2.39. The minimum atomic E-state index is -0.533. The van der Waals surface area contributed by atoms with Crippen molar-refractivity contribution in [2.75, 3.05) is 18.5 Å². The molecule has 0 aromatic heterocycles. The third kappa shape index (κ3) is 3.88. The number of benzene rings is 1. The monoisotopic (exact) mass is 362 g/mol. The highest BCUT2D eigenvalue weighted by Gasteiger charge is 2.26. The van der Waals surface area contributed by atoms with Gasteiger partial charge in [0.25, 0.3) is 5.91 Å². The van der Waals surface area contributed by atoms with Crippen LogP contribution in [0.2, 0.25) is 0 Å². The first-order valence-corrected chi connectivity index (χ1v) is 8.48. The average molecular weight is 363 g/mol. The zero-order valence-corrected chi connectivity index (χ0v) is 14.3. The molecular weight excluding hydrogens is 343 g/mol. The fraction of sp³-hybridized carbons (Fsp3) is 0.500. The zero-order chi connectivity index (χ0) is 15.3. The van der Waals surface area contributed by atoms with E-state index < -0.39 is 5.82 Å². The Morgan fingerprint density at radius 3 is 2.55 bits per heavy atom. The highest BCUT2D eigenvalue weighted by molar-refractivity contribution is 9.10. The van der Waals surface area contributed by atoms with Crippen LogP contribution < -0.4 is 11.1 Å². The molecule has 0 atom stereocenters. The maximum atomic E-state index is 13.3. The van der Waals surface area contributed by atoms with E-state index in [0.29, 0.717) is 16.6 Å². The van der Waals surface area contributed by atoms with E-state index in [1.807, 2.05) is 6.26 Å². The predicted octanol–water partition coefficient (Wildman–Crippen LogP) is 3.82. The predicted molar refractivity (Wildman–Crippen MR) is 87.7 cm³/mol. The molecule has 0 radical (unpaired) electrons. The molecule has 0 aliphatic rings. The molecule has 0 unspecified atom stereocenters. The van der Waals surface area contributed by atoms with Crippen molar-refractivity contribution in [2.45, 2.75) is 31.4 Å². The molecule has 1 aromatic rings. The second kappa shape index (κ2) is 7.31. The molecule has 3 nitrogen and oxygen atoms in total. The number of halogens is 2. The molecule has 0 saturated heterocycles. The van der Waals surface area contributed by atoms with Gasteiger partial charge in [-0.1, -0.05) is 13.8 Å². The molecule has 0 spiro atoms. The van der Waals surface area contributed by atoms with Crippen LogP contribution in [0.3, 0.4) is 0 Å². The lowest BCUT2D eigenvalue weighted by atomic mass is 10.0. The number of anilines is 1. The number of hydrogen-bond acceptors (Lipinski definition) is 3. The molecule has 0 heterocycles. The topological polar surface area (TPSA) is 55.1 Å². The fourth-order valence-corrected chi connectivity index (χ4v) is 3.23. The SMILES string of the molecule is CCC(CC)(CNC(=O)c1cc(N)c(F)cc1Br)SC. The van der Waals surface area contributed by atoms with Crippen LogP contribution in [0.1, 0.15) is 37.0 Å². The standard InChI is InChI=1S/C14H20BrFN2OS/c1-4-14(5-2,20-3)8-18-13(19)9-6-12(17)11(16)7-10(9)15/h6-7H,4-5,8,17H2,1-3H3,(H,18,19). The van der Waals surface area contributed by atoms with E-state index in [1.165, 1.54) is 12.1 Å². The number of carbonyl (C=O) groups is 1. The maximum Gasteiger partial charge on any atom is 0.252 e. The molecule has 0 bridgehead atoms. The normalized spacial score (nSPS) is 11.4. The fourth-order valence-electron chi connectivity index (χ4n) is 1.94. The van der Waals surface area contributed by atoms with Gasteiger partial charge in [0.1, 0.15) is 5.82 Å². The maximum absolute atomic E-state index is 13.3. The van der Waals surface area contributed by atoms with Gasteiger partial charge in [0.2, 0.25) is 0 Å². The molecule has 0 saturated carbocycles. The first-order valence-electron chi connectivity index (χ1n) is 6.47. The number of thioether (sulfide) groups is 1. The van der Waals surface area contributed by atoms with Gasteiger partial charge in [-0.15, -0.1) is 0 Å². The quantitative estimate of drug-likeness (QED) is 0.756. The second-order valence-electron chi connectivity index (χ2n) is 4.63. The Morgan fingerprint density at radius 1 is 1.45 bits per heavy atom. The number of nitrogens with one attached hydrogen (secondary N) is 1. The lowest BCUT2D eigenvalue weighted by Gasteiger charge is -2.29. The van der Waals surface area contributed by atoms with Crippen LogP contribution in [0.15, 0.2) is 16.6 Å². The van der Waals surface area contributed by atoms with Crippen molar-refractivity contribution in [1.29, 1.82) is 0 Å². The molecule has 0 fully saturated rings. The van der Waals surface area contributed by atoms with E-state index in [2.05, 4.69) is 35.1 Å².